The fraction of sp³-hybridized carbons (Fsp3) is 0.250. The van der Waals surface area contributed by atoms with E-state index in [4.69, 9.17) is 5.26 Å². The molecule has 0 radical (unpaired) electrons. The van der Waals surface area contributed by atoms with Crippen LogP contribution in [0.15, 0.2) is 47.5 Å². The summed E-state index contributed by atoms with van der Waals surface area (Å²) in [6.45, 7) is 0.523. The monoisotopic (exact) mass is 328 g/mol. The molecule has 1 heterocycles. The van der Waals surface area contributed by atoms with Crippen LogP contribution in [-0.4, -0.2) is 19.4 Å². The Morgan fingerprint density at radius 3 is 2.48 bits per heavy atom. The summed E-state index contributed by atoms with van der Waals surface area (Å²) in [4.78, 5) is 4.40. The van der Waals surface area contributed by atoms with Crippen LogP contribution < -0.4 is 10.0 Å². The number of nitrogens with one attached hydrogen (secondary N) is 2. The smallest absolute Gasteiger partial charge is 0.240 e. The predicted octanol–water partition coefficient (Wildman–Crippen LogP) is 2.01. The Hall–Kier alpha value is -2.43. The molecule has 23 heavy (non-hydrogen) atoms. The van der Waals surface area contributed by atoms with Gasteiger partial charge in [0.15, 0.2) is 0 Å². The number of aromatic nitrogens is 1. The van der Waals surface area contributed by atoms with Crippen molar-refractivity contribution in [2.75, 3.05) is 5.32 Å². The lowest BCUT2D eigenvalue weighted by atomic mass is 10.2. The summed E-state index contributed by atoms with van der Waals surface area (Å²) < 4.78 is 26.8. The molecule has 1 aromatic heterocycles. The summed E-state index contributed by atoms with van der Waals surface area (Å²) in [5.41, 5.74) is 1.45. The predicted molar refractivity (Wildman–Crippen MR) is 86.1 cm³/mol. The number of anilines is 1. The summed E-state index contributed by atoms with van der Waals surface area (Å²) in [6.07, 6.45) is 3.33. The molecule has 2 aromatic rings. The lowest BCUT2D eigenvalue weighted by molar-refractivity contribution is 0.581. The fourth-order valence-electron chi connectivity index (χ4n) is 2.03. The van der Waals surface area contributed by atoms with E-state index in [9.17, 15) is 8.42 Å². The van der Waals surface area contributed by atoms with Gasteiger partial charge in [-0.2, -0.15) is 5.26 Å². The van der Waals surface area contributed by atoms with Crippen molar-refractivity contribution in [2.45, 2.75) is 30.3 Å². The highest BCUT2D eigenvalue weighted by Gasteiger charge is 2.27. The van der Waals surface area contributed by atoms with E-state index in [1.165, 1.54) is 6.20 Å². The molecule has 0 atom stereocenters. The number of sulfonamides is 1. The average Bonchev–Trinajstić information content (AvgIpc) is 3.37. The number of nitrogens with zero attached hydrogens (tertiary/aromatic N) is 2. The van der Waals surface area contributed by atoms with Gasteiger partial charge in [-0.05, 0) is 42.7 Å². The van der Waals surface area contributed by atoms with Gasteiger partial charge in [0.1, 0.15) is 11.9 Å². The van der Waals surface area contributed by atoms with Crippen LogP contribution in [0.4, 0.5) is 5.82 Å². The van der Waals surface area contributed by atoms with Gasteiger partial charge in [-0.1, -0.05) is 12.1 Å². The lowest BCUT2D eigenvalue weighted by Crippen LogP contribution is -2.25. The van der Waals surface area contributed by atoms with Gasteiger partial charge in [0, 0.05) is 18.8 Å². The third-order valence-electron chi connectivity index (χ3n) is 3.50. The second-order valence-corrected chi connectivity index (χ2v) is 7.15. The SMILES string of the molecule is N#Cc1ccc(NCc2ccc(S(=O)(=O)NC3CC3)cc2)nc1. The van der Waals surface area contributed by atoms with Crippen molar-refractivity contribution in [3.05, 3.63) is 53.7 Å². The summed E-state index contributed by atoms with van der Waals surface area (Å²) in [5.74, 6) is 0.663. The summed E-state index contributed by atoms with van der Waals surface area (Å²) >= 11 is 0. The zero-order chi connectivity index (χ0) is 16.3. The zero-order valence-electron chi connectivity index (χ0n) is 12.4. The topological polar surface area (TPSA) is 94.9 Å². The molecule has 1 aliphatic rings. The molecule has 7 heteroatoms. The molecular weight excluding hydrogens is 312 g/mol. The van der Waals surface area contributed by atoms with Crippen LogP contribution >= 0.6 is 0 Å². The van der Waals surface area contributed by atoms with Crippen LogP contribution in [0.1, 0.15) is 24.0 Å². The molecular formula is C16H16N4O2S. The number of nitriles is 1. The normalized spacial score (nSPS) is 14.2. The van der Waals surface area contributed by atoms with Crippen LogP contribution in [0.5, 0.6) is 0 Å². The van der Waals surface area contributed by atoms with Gasteiger partial charge in [0.2, 0.25) is 10.0 Å². The Labute approximate surface area is 135 Å². The minimum Gasteiger partial charge on any atom is -0.366 e. The van der Waals surface area contributed by atoms with Crippen molar-refractivity contribution >= 4 is 15.8 Å². The Bertz CT molecular complexity index is 820. The third kappa shape index (κ3) is 4.06. The first-order valence-electron chi connectivity index (χ1n) is 7.28. The quantitative estimate of drug-likeness (QED) is 0.846. The van der Waals surface area contributed by atoms with Crippen LogP contribution in [0.25, 0.3) is 0 Å². The van der Waals surface area contributed by atoms with E-state index in [0.29, 0.717) is 17.9 Å². The molecule has 3 rings (SSSR count). The van der Waals surface area contributed by atoms with Crippen LogP contribution in [0.2, 0.25) is 0 Å². The van der Waals surface area contributed by atoms with E-state index in [1.807, 2.05) is 6.07 Å². The van der Waals surface area contributed by atoms with Crippen molar-refractivity contribution in [1.82, 2.24) is 9.71 Å². The van der Waals surface area contributed by atoms with Crippen LogP contribution in [-0.2, 0) is 16.6 Å². The first kappa shape index (κ1) is 15.5. The highest BCUT2D eigenvalue weighted by Crippen LogP contribution is 2.22. The molecule has 0 bridgehead atoms. The molecule has 1 saturated carbocycles. The van der Waals surface area contributed by atoms with E-state index >= 15 is 0 Å². The lowest BCUT2D eigenvalue weighted by Gasteiger charge is -2.08. The van der Waals surface area contributed by atoms with Gasteiger partial charge >= 0.3 is 0 Å². The molecule has 2 N–H and O–H groups in total. The molecule has 1 aliphatic carbocycles. The molecule has 0 amide bonds. The maximum absolute atomic E-state index is 12.1. The van der Waals surface area contributed by atoms with Crippen molar-refractivity contribution < 1.29 is 8.42 Å². The highest BCUT2D eigenvalue weighted by atomic mass is 32.2. The van der Waals surface area contributed by atoms with E-state index in [-0.39, 0.29) is 10.9 Å². The van der Waals surface area contributed by atoms with E-state index in [2.05, 4.69) is 15.0 Å². The average molecular weight is 328 g/mol. The largest absolute Gasteiger partial charge is 0.366 e. The molecule has 0 unspecified atom stereocenters. The number of pyridine rings is 1. The van der Waals surface area contributed by atoms with Crippen molar-refractivity contribution in [3.8, 4) is 6.07 Å². The van der Waals surface area contributed by atoms with Gasteiger partial charge < -0.3 is 5.32 Å². The minimum atomic E-state index is -3.40. The molecule has 0 spiro atoms. The maximum atomic E-state index is 12.1. The van der Waals surface area contributed by atoms with Gasteiger partial charge in [0.05, 0.1) is 10.5 Å². The van der Waals surface area contributed by atoms with Crippen molar-refractivity contribution in [2.24, 2.45) is 0 Å². The molecule has 6 nitrogen and oxygen atoms in total. The Kier molecular flexibility index (Phi) is 4.28. The number of hydrogen-bond donors (Lipinski definition) is 2. The zero-order valence-corrected chi connectivity index (χ0v) is 13.2. The molecule has 1 aromatic carbocycles. The second-order valence-electron chi connectivity index (χ2n) is 5.44. The van der Waals surface area contributed by atoms with Gasteiger partial charge in [0.25, 0.3) is 0 Å². The fourth-order valence-corrected chi connectivity index (χ4v) is 3.34. The first-order valence-corrected chi connectivity index (χ1v) is 8.76. The minimum absolute atomic E-state index is 0.101. The third-order valence-corrected chi connectivity index (χ3v) is 5.04. The van der Waals surface area contributed by atoms with E-state index in [0.717, 1.165) is 18.4 Å². The first-order chi connectivity index (χ1) is 11.1. The summed E-state index contributed by atoms with van der Waals surface area (Å²) in [7, 11) is -3.40. The maximum Gasteiger partial charge on any atom is 0.240 e. The molecule has 0 aliphatic heterocycles. The van der Waals surface area contributed by atoms with Gasteiger partial charge in [-0.3, -0.25) is 0 Å². The Morgan fingerprint density at radius 1 is 1.17 bits per heavy atom. The molecule has 0 saturated heterocycles. The number of rotatable bonds is 6. The van der Waals surface area contributed by atoms with E-state index < -0.39 is 10.0 Å². The summed E-state index contributed by atoms with van der Waals surface area (Å²) in [5, 5.41) is 11.8. The Balaban J connectivity index is 1.61. The number of hydrogen-bond acceptors (Lipinski definition) is 5. The van der Waals surface area contributed by atoms with E-state index in [1.54, 1.807) is 36.4 Å². The van der Waals surface area contributed by atoms with Crippen molar-refractivity contribution in [1.29, 1.82) is 5.26 Å². The van der Waals surface area contributed by atoms with Gasteiger partial charge in [-0.25, -0.2) is 18.1 Å². The molecule has 1 fully saturated rings. The molecule has 118 valence electrons. The standard InChI is InChI=1S/C16H16N4O2S/c17-9-13-3-8-16(19-11-13)18-10-12-1-6-15(7-2-12)23(21,22)20-14-4-5-14/h1-3,6-8,11,14,20H,4-5,10H2,(H,18,19). The van der Waals surface area contributed by atoms with Crippen LogP contribution in [0.3, 0.4) is 0 Å². The Morgan fingerprint density at radius 2 is 1.91 bits per heavy atom. The number of benzene rings is 1. The van der Waals surface area contributed by atoms with Crippen molar-refractivity contribution in [3.63, 3.8) is 0 Å². The second kappa shape index (κ2) is 6.36. The van der Waals surface area contributed by atoms with Crippen LogP contribution in [0, 0.1) is 11.3 Å². The summed E-state index contributed by atoms with van der Waals surface area (Å²) in [6, 6.07) is 12.3. The highest BCUT2D eigenvalue weighted by molar-refractivity contribution is 7.89. The van der Waals surface area contributed by atoms with Gasteiger partial charge in [-0.15, -0.1) is 0 Å².